The molecule has 0 spiro atoms. The lowest BCUT2D eigenvalue weighted by molar-refractivity contribution is -0.121. The predicted octanol–water partition coefficient (Wildman–Crippen LogP) is 1.92. The summed E-state index contributed by atoms with van der Waals surface area (Å²) in [5.74, 6) is 0.305. The van der Waals surface area contributed by atoms with E-state index < -0.39 is 0 Å². The highest BCUT2D eigenvalue weighted by atomic mass is 16.5. The second-order valence-corrected chi connectivity index (χ2v) is 5.17. The van der Waals surface area contributed by atoms with Gasteiger partial charge in [-0.15, -0.1) is 0 Å². The highest BCUT2D eigenvalue weighted by Gasteiger charge is 2.07. The van der Waals surface area contributed by atoms with Gasteiger partial charge in [-0.2, -0.15) is 0 Å². The van der Waals surface area contributed by atoms with Crippen molar-refractivity contribution in [3.63, 3.8) is 0 Å². The number of aromatic nitrogens is 1. The third kappa shape index (κ3) is 5.39. The van der Waals surface area contributed by atoms with Gasteiger partial charge in [0.05, 0.1) is 7.11 Å². The van der Waals surface area contributed by atoms with E-state index in [4.69, 9.17) is 4.74 Å². The molecule has 2 amide bonds. The molecule has 0 saturated carbocycles. The van der Waals surface area contributed by atoms with Crippen LogP contribution in [0.15, 0.2) is 48.7 Å². The number of carbonyl (C=O) groups is 2. The van der Waals surface area contributed by atoms with Crippen LogP contribution in [-0.4, -0.2) is 30.5 Å². The van der Waals surface area contributed by atoms with Gasteiger partial charge in [-0.1, -0.05) is 24.3 Å². The van der Waals surface area contributed by atoms with E-state index in [0.29, 0.717) is 37.4 Å². The van der Waals surface area contributed by atoms with Crippen molar-refractivity contribution in [1.82, 2.24) is 15.6 Å². The Morgan fingerprint density at radius 2 is 1.88 bits per heavy atom. The number of nitrogens with zero attached hydrogens (tertiary/aromatic N) is 1. The number of methoxy groups -OCH3 is 1. The Labute approximate surface area is 141 Å². The van der Waals surface area contributed by atoms with Crippen LogP contribution in [0, 0.1) is 0 Å². The minimum Gasteiger partial charge on any atom is -0.481 e. The maximum absolute atomic E-state index is 11.8. The van der Waals surface area contributed by atoms with Gasteiger partial charge in [0, 0.05) is 36.8 Å². The van der Waals surface area contributed by atoms with Gasteiger partial charge in [-0.3, -0.25) is 9.59 Å². The number of rotatable bonds is 8. The van der Waals surface area contributed by atoms with Gasteiger partial charge in [0.1, 0.15) is 0 Å². The van der Waals surface area contributed by atoms with Crippen molar-refractivity contribution in [3.8, 4) is 5.88 Å². The summed E-state index contributed by atoms with van der Waals surface area (Å²) in [4.78, 5) is 27.8. The molecule has 0 unspecified atom stereocenters. The molecule has 0 bridgehead atoms. The Bertz CT molecular complexity index is 674. The van der Waals surface area contributed by atoms with E-state index in [0.717, 1.165) is 5.56 Å². The molecule has 2 aromatic rings. The normalized spacial score (nSPS) is 10.0. The van der Waals surface area contributed by atoms with Crippen molar-refractivity contribution in [2.45, 2.75) is 19.4 Å². The summed E-state index contributed by atoms with van der Waals surface area (Å²) in [6.07, 6.45) is 2.56. The molecule has 0 aliphatic heterocycles. The van der Waals surface area contributed by atoms with E-state index >= 15 is 0 Å². The molecule has 6 heteroatoms. The summed E-state index contributed by atoms with van der Waals surface area (Å²) in [5.41, 5.74) is 1.44. The average molecular weight is 327 g/mol. The molecule has 1 heterocycles. The molecule has 2 rings (SSSR count). The molecule has 0 radical (unpaired) electrons. The van der Waals surface area contributed by atoms with Crippen molar-refractivity contribution in [3.05, 3.63) is 59.8 Å². The van der Waals surface area contributed by atoms with Crippen molar-refractivity contribution in [2.75, 3.05) is 13.7 Å². The van der Waals surface area contributed by atoms with Gasteiger partial charge in [0.25, 0.3) is 5.91 Å². The van der Waals surface area contributed by atoms with Gasteiger partial charge >= 0.3 is 0 Å². The van der Waals surface area contributed by atoms with Crippen molar-refractivity contribution in [1.29, 1.82) is 0 Å². The summed E-state index contributed by atoms with van der Waals surface area (Å²) < 4.78 is 5.13. The lowest BCUT2D eigenvalue weighted by atomic mass is 10.2. The summed E-state index contributed by atoms with van der Waals surface area (Å²) in [6.45, 7) is 0.823. The Balaban J connectivity index is 1.66. The van der Waals surface area contributed by atoms with Crippen molar-refractivity contribution < 1.29 is 14.3 Å². The molecule has 0 fully saturated rings. The highest BCUT2D eigenvalue weighted by molar-refractivity contribution is 5.94. The van der Waals surface area contributed by atoms with Crippen LogP contribution < -0.4 is 15.4 Å². The first kappa shape index (κ1) is 17.5. The van der Waals surface area contributed by atoms with E-state index in [2.05, 4.69) is 15.6 Å². The zero-order chi connectivity index (χ0) is 17.2. The van der Waals surface area contributed by atoms with Crippen LogP contribution in [0.1, 0.15) is 28.8 Å². The van der Waals surface area contributed by atoms with Gasteiger partial charge in [0.15, 0.2) is 0 Å². The average Bonchev–Trinajstić information content (AvgIpc) is 2.64. The third-order valence-corrected chi connectivity index (χ3v) is 3.42. The van der Waals surface area contributed by atoms with Gasteiger partial charge in [-0.25, -0.2) is 4.98 Å². The molecule has 2 N–H and O–H groups in total. The molecular weight excluding hydrogens is 306 g/mol. The Kier molecular flexibility index (Phi) is 6.76. The first-order chi connectivity index (χ1) is 11.7. The largest absolute Gasteiger partial charge is 0.481 e. The summed E-state index contributed by atoms with van der Waals surface area (Å²) in [5, 5.41) is 5.62. The van der Waals surface area contributed by atoms with Gasteiger partial charge in [-0.05, 0) is 24.6 Å². The number of benzene rings is 1. The molecular formula is C18H21N3O3. The molecule has 24 heavy (non-hydrogen) atoms. The standard InChI is InChI=1S/C18H21N3O3/c1-24-18-15(9-5-12-20-18)13-21-16(22)10-6-11-19-17(23)14-7-3-2-4-8-14/h2-5,7-9,12H,6,10-11,13H2,1H3,(H,19,23)(H,21,22). The number of amides is 2. The highest BCUT2D eigenvalue weighted by Crippen LogP contribution is 2.12. The fourth-order valence-electron chi connectivity index (χ4n) is 2.17. The maximum atomic E-state index is 11.8. The number of carbonyl (C=O) groups excluding carboxylic acids is 2. The zero-order valence-corrected chi connectivity index (χ0v) is 13.6. The fourth-order valence-corrected chi connectivity index (χ4v) is 2.17. The Hall–Kier alpha value is -2.89. The summed E-state index contributed by atoms with van der Waals surface area (Å²) >= 11 is 0. The molecule has 0 atom stereocenters. The smallest absolute Gasteiger partial charge is 0.251 e. The van der Waals surface area contributed by atoms with Crippen LogP contribution in [0.5, 0.6) is 5.88 Å². The molecule has 6 nitrogen and oxygen atoms in total. The monoisotopic (exact) mass is 327 g/mol. The Morgan fingerprint density at radius 1 is 1.08 bits per heavy atom. The van der Waals surface area contributed by atoms with Crippen LogP contribution in [-0.2, 0) is 11.3 Å². The third-order valence-electron chi connectivity index (χ3n) is 3.42. The van der Waals surface area contributed by atoms with E-state index in [9.17, 15) is 9.59 Å². The van der Waals surface area contributed by atoms with Crippen LogP contribution in [0.25, 0.3) is 0 Å². The van der Waals surface area contributed by atoms with Crippen LogP contribution in [0.3, 0.4) is 0 Å². The SMILES string of the molecule is COc1ncccc1CNC(=O)CCCNC(=O)c1ccccc1. The van der Waals surface area contributed by atoms with Gasteiger partial charge < -0.3 is 15.4 Å². The molecule has 1 aromatic heterocycles. The molecule has 1 aromatic carbocycles. The van der Waals surface area contributed by atoms with Crippen LogP contribution >= 0.6 is 0 Å². The first-order valence-electron chi connectivity index (χ1n) is 7.78. The molecule has 0 aliphatic rings. The summed E-state index contributed by atoms with van der Waals surface area (Å²) in [7, 11) is 1.54. The van der Waals surface area contributed by atoms with E-state index in [1.807, 2.05) is 24.3 Å². The van der Waals surface area contributed by atoms with Crippen LogP contribution in [0.2, 0.25) is 0 Å². The zero-order valence-electron chi connectivity index (χ0n) is 13.6. The van der Waals surface area contributed by atoms with E-state index in [1.54, 1.807) is 31.5 Å². The number of ether oxygens (including phenoxy) is 1. The lowest BCUT2D eigenvalue weighted by Crippen LogP contribution is -2.27. The second-order valence-electron chi connectivity index (χ2n) is 5.17. The topological polar surface area (TPSA) is 80.3 Å². The Morgan fingerprint density at radius 3 is 2.62 bits per heavy atom. The van der Waals surface area contributed by atoms with Crippen LogP contribution in [0.4, 0.5) is 0 Å². The summed E-state index contributed by atoms with van der Waals surface area (Å²) in [6, 6.07) is 12.6. The molecule has 0 saturated heterocycles. The number of hydrogen-bond acceptors (Lipinski definition) is 4. The number of hydrogen-bond donors (Lipinski definition) is 2. The quantitative estimate of drug-likeness (QED) is 0.726. The van der Waals surface area contributed by atoms with E-state index in [1.165, 1.54) is 0 Å². The number of nitrogens with one attached hydrogen (secondary N) is 2. The maximum Gasteiger partial charge on any atom is 0.251 e. The van der Waals surface area contributed by atoms with E-state index in [-0.39, 0.29) is 11.8 Å². The minimum absolute atomic E-state index is 0.0742. The van der Waals surface area contributed by atoms with Crippen molar-refractivity contribution >= 4 is 11.8 Å². The minimum atomic E-state index is -0.129. The first-order valence-corrected chi connectivity index (χ1v) is 7.78. The number of pyridine rings is 1. The van der Waals surface area contributed by atoms with Crippen molar-refractivity contribution in [2.24, 2.45) is 0 Å². The second kappa shape index (κ2) is 9.29. The molecule has 126 valence electrons. The predicted molar refractivity (Wildman–Crippen MR) is 90.6 cm³/mol. The molecule has 0 aliphatic carbocycles. The lowest BCUT2D eigenvalue weighted by Gasteiger charge is -2.09. The fraction of sp³-hybridized carbons (Fsp3) is 0.278. The van der Waals surface area contributed by atoms with Gasteiger partial charge in [0.2, 0.25) is 11.8 Å².